The average molecular weight is 291 g/mol. The molecule has 0 aromatic carbocycles. The fourth-order valence-electron chi connectivity index (χ4n) is 1.80. The summed E-state index contributed by atoms with van der Waals surface area (Å²) in [5, 5.41) is 8.79. The molecule has 2 rings (SSSR count). The summed E-state index contributed by atoms with van der Waals surface area (Å²) in [5.74, 6) is 0. The van der Waals surface area contributed by atoms with Crippen LogP contribution in [0.15, 0.2) is 15.9 Å². The van der Waals surface area contributed by atoms with E-state index in [1.807, 2.05) is 7.05 Å². The second-order valence-corrected chi connectivity index (χ2v) is 5.41. The normalized spacial score (nSPS) is 24.0. The minimum atomic E-state index is 0.231. The highest BCUT2D eigenvalue weighted by Gasteiger charge is 2.25. The maximum Gasteiger partial charge on any atom is 0.0902 e. The lowest BCUT2D eigenvalue weighted by Crippen LogP contribution is -2.45. The maximum atomic E-state index is 5.76. The van der Waals surface area contributed by atoms with E-state index >= 15 is 0 Å². The van der Waals surface area contributed by atoms with Gasteiger partial charge in [-0.2, -0.15) is 0 Å². The van der Waals surface area contributed by atoms with E-state index in [1.165, 1.54) is 4.88 Å². The lowest BCUT2D eigenvalue weighted by atomic mass is 10.1. The summed E-state index contributed by atoms with van der Waals surface area (Å²) < 4.78 is 6.91. The zero-order valence-corrected chi connectivity index (χ0v) is 11.0. The van der Waals surface area contributed by atoms with Crippen molar-refractivity contribution in [2.45, 2.75) is 12.1 Å². The predicted molar refractivity (Wildman–Crippen MR) is 66.4 cm³/mol. The Morgan fingerprint density at radius 1 is 1.73 bits per heavy atom. The Balaban J connectivity index is 2.08. The lowest BCUT2D eigenvalue weighted by Gasteiger charge is -2.30. The lowest BCUT2D eigenvalue weighted by molar-refractivity contribution is 0.00612. The van der Waals surface area contributed by atoms with Crippen LogP contribution in [0.3, 0.4) is 0 Å². The van der Waals surface area contributed by atoms with Crippen molar-refractivity contribution in [3.05, 3.63) is 20.8 Å². The van der Waals surface area contributed by atoms with Gasteiger partial charge in [0, 0.05) is 27.8 Å². The van der Waals surface area contributed by atoms with E-state index in [2.05, 4.69) is 38.0 Å². The van der Waals surface area contributed by atoms with Gasteiger partial charge in [0.15, 0.2) is 0 Å². The first-order chi connectivity index (χ1) is 7.31. The molecule has 1 fully saturated rings. The summed E-state index contributed by atoms with van der Waals surface area (Å²) in [6, 6.07) is 2.44. The van der Waals surface area contributed by atoms with Crippen LogP contribution in [-0.2, 0) is 4.74 Å². The number of halogens is 1. The molecule has 2 N–H and O–H groups in total. The molecule has 1 aliphatic heterocycles. The topological polar surface area (TPSA) is 33.3 Å². The van der Waals surface area contributed by atoms with Gasteiger partial charge in [-0.15, -0.1) is 11.3 Å². The van der Waals surface area contributed by atoms with Crippen molar-refractivity contribution in [1.29, 1.82) is 0 Å². The molecule has 1 aliphatic rings. The fourth-order valence-corrected chi connectivity index (χ4v) is 3.41. The molecule has 15 heavy (non-hydrogen) atoms. The molecule has 0 spiro atoms. The van der Waals surface area contributed by atoms with E-state index in [0.717, 1.165) is 24.2 Å². The summed E-state index contributed by atoms with van der Waals surface area (Å²) in [6.07, 6.45) is 0.231. The van der Waals surface area contributed by atoms with Crippen LogP contribution in [0.2, 0.25) is 0 Å². The molecule has 2 heterocycles. The highest BCUT2D eigenvalue weighted by atomic mass is 79.9. The van der Waals surface area contributed by atoms with Crippen molar-refractivity contribution in [2.24, 2.45) is 0 Å². The summed E-state index contributed by atoms with van der Waals surface area (Å²) in [5.41, 5.74) is 0. The molecule has 5 heteroatoms. The first-order valence-corrected chi connectivity index (χ1v) is 6.72. The molecule has 2 atom stereocenters. The molecule has 0 radical (unpaired) electrons. The first kappa shape index (κ1) is 11.5. The smallest absolute Gasteiger partial charge is 0.0902 e. The highest BCUT2D eigenvalue weighted by Crippen LogP contribution is 2.28. The largest absolute Gasteiger partial charge is 0.374 e. The molecule has 0 bridgehead atoms. The summed E-state index contributed by atoms with van der Waals surface area (Å²) in [4.78, 5) is 1.32. The Kier molecular flexibility index (Phi) is 4.16. The molecule has 0 amide bonds. The molecular weight excluding hydrogens is 276 g/mol. The van der Waals surface area contributed by atoms with E-state index < -0.39 is 0 Å². The minimum absolute atomic E-state index is 0.231. The van der Waals surface area contributed by atoms with E-state index in [4.69, 9.17) is 4.74 Å². The van der Waals surface area contributed by atoms with Crippen molar-refractivity contribution in [3.8, 4) is 0 Å². The number of nitrogens with one attached hydrogen (secondary N) is 2. The average Bonchev–Trinajstić information content (AvgIpc) is 2.68. The van der Waals surface area contributed by atoms with Crippen LogP contribution in [0.5, 0.6) is 0 Å². The van der Waals surface area contributed by atoms with Gasteiger partial charge < -0.3 is 15.4 Å². The molecule has 1 saturated heterocycles. The van der Waals surface area contributed by atoms with E-state index in [0.29, 0.717) is 0 Å². The third-order valence-electron chi connectivity index (χ3n) is 2.53. The summed E-state index contributed by atoms with van der Waals surface area (Å²) in [6.45, 7) is 2.68. The highest BCUT2D eigenvalue weighted by molar-refractivity contribution is 9.10. The van der Waals surface area contributed by atoms with E-state index in [1.54, 1.807) is 11.3 Å². The number of likely N-dealkylation sites (N-methyl/N-ethyl adjacent to an activating group) is 1. The van der Waals surface area contributed by atoms with Crippen molar-refractivity contribution in [2.75, 3.05) is 26.7 Å². The third-order valence-corrected chi connectivity index (χ3v) is 4.31. The molecular formula is C10H15BrN2OS. The van der Waals surface area contributed by atoms with Gasteiger partial charge in [-0.25, -0.2) is 0 Å². The van der Waals surface area contributed by atoms with Crippen LogP contribution in [0.4, 0.5) is 0 Å². The molecule has 1 aromatic heterocycles. The van der Waals surface area contributed by atoms with Gasteiger partial charge >= 0.3 is 0 Å². The Morgan fingerprint density at radius 2 is 2.60 bits per heavy atom. The number of morpholine rings is 1. The van der Waals surface area contributed by atoms with Crippen molar-refractivity contribution in [3.63, 3.8) is 0 Å². The zero-order valence-electron chi connectivity index (χ0n) is 8.63. The molecule has 1 aromatic rings. The predicted octanol–water partition coefficient (Wildman–Crippen LogP) is 1.76. The standard InChI is InChI=1S/C10H15BrN2OS/c1-12-10(8-5-13-2-3-14-8)9-4-7(11)6-15-9/h4,6,8,10,12-13H,2-3,5H2,1H3. The molecule has 0 saturated carbocycles. The van der Waals surface area contributed by atoms with Gasteiger partial charge in [0.05, 0.1) is 18.8 Å². The quantitative estimate of drug-likeness (QED) is 0.890. The SMILES string of the molecule is CNC(c1cc(Br)cs1)C1CNCCO1. The second-order valence-electron chi connectivity index (χ2n) is 3.55. The molecule has 84 valence electrons. The number of rotatable bonds is 3. The Hall–Kier alpha value is 0.0600. The van der Waals surface area contributed by atoms with Crippen molar-refractivity contribution < 1.29 is 4.74 Å². The molecule has 2 unspecified atom stereocenters. The van der Waals surface area contributed by atoms with Crippen LogP contribution in [0, 0.1) is 0 Å². The van der Waals surface area contributed by atoms with Crippen LogP contribution >= 0.6 is 27.3 Å². The van der Waals surface area contributed by atoms with Gasteiger partial charge in [0.1, 0.15) is 0 Å². The van der Waals surface area contributed by atoms with Gasteiger partial charge in [-0.1, -0.05) is 0 Å². The molecule has 0 aliphatic carbocycles. The number of thiophene rings is 1. The van der Waals surface area contributed by atoms with Crippen LogP contribution in [-0.4, -0.2) is 32.8 Å². The fraction of sp³-hybridized carbons (Fsp3) is 0.600. The maximum absolute atomic E-state index is 5.76. The van der Waals surface area contributed by atoms with Gasteiger partial charge in [0.25, 0.3) is 0 Å². The number of hydrogen-bond donors (Lipinski definition) is 2. The van der Waals surface area contributed by atoms with E-state index in [9.17, 15) is 0 Å². The van der Waals surface area contributed by atoms with Crippen LogP contribution < -0.4 is 10.6 Å². The van der Waals surface area contributed by atoms with Gasteiger partial charge in [0.2, 0.25) is 0 Å². The van der Waals surface area contributed by atoms with Gasteiger partial charge in [-0.05, 0) is 29.0 Å². The van der Waals surface area contributed by atoms with Gasteiger partial charge in [-0.3, -0.25) is 0 Å². The van der Waals surface area contributed by atoms with Crippen LogP contribution in [0.1, 0.15) is 10.9 Å². The van der Waals surface area contributed by atoms with Crippen molar-refractivity contribution in [1.82, 2.24) is 10.6 Å². The Morgan fingerprint density at radius 3 is 3.13 bits per heavy atom. The summed E-state index contributed by atoms with van der Waals surface area (Å²) in [7, 11) is 1.98. The molecule has 3 nitrogen and oxygen atoms in total. The monoisotopic (exact) mass is 290 g/mol. The second kappa shape index (κ2) is 5.41. The minimum Gasteiger partial charge on any atom is -0.374 e. The first-order valence-electron chi connectivity index (χ1n) is 5.05. The summed E-state index contributed by atoms with van der Waals surface area (Å²) >= 11 is 5.24. The number of hydrogen-bond acceptors (Lipinski definition) is 4. The van der Waals surface area contributed by atoms with Crippen molar-refractivity contribution >= 4 is 27.3 Å². The zero-order chi connectivity index (χ0) is 10.7. The Bertz CT molecular complexity index is 312. The van der Waals surface area contributed by atoms with Crippen LogP contribution in [0.25, 0.3) is 0 Å². The number of ether oxygens (including phenoxy) is 1. The Labute approximate surface area is 102 Å². The third kappa shape index (κ3) is 2.79. The van der Waals surface area contributed by atoms with E-state index in [-0.39, 0.29) is 12.1 Å².